The lowest BCUT2D eigenvalue weighted by molar-refractivity contribution is -0.274. The van der Waals surface area contributed by atoms with Crippen molar-refractivity contribution in [1.82, 2.24) is 20.0 Å². The number of likely N-dealkylation sites (tertiary alicyclic amines) is 3. The summed E-state index contributed by atoms with van der Waals surface area (Å²) in [6.07, 6.45) is 0.905. The SMILES string of the molecule is CC(O)CNC(=O)Nc1cccc(C(=O)C2CCN(C)CC2)c1.CCCN1CCC(C(=O)c2cccc(NC(=O)Nc3ccc(OC(F)(F)F)cc3)c2)CC1.CN1CCC(C(=O)c2cccc(NC(=O)Nc3ccccc3)c2)CC1.O=C(O)CO. The molecule has 5 aromatic carbocycles. The summed E-state index contributed by atoms with van der Waals surface area (Å²) < 4.78 is 40.5. The van der Waals surface area contributed by atoms with E-state index in [4.69, 9.17) is 20.1 Å². The van der Waals surface area contributed by atoms with Gasteiger partial charge in [0.05, 0.1) is 6.10 Å². The van der Waals surface area contributed by atoms with E-state index in [-0.39, 0.29) is 53.4 Å². The van der Waals surface area contributed by atoms with Gasteiger partial charge in [0.1, 0.15) is 12.4 Å². The van der Waals surface area contributed by atoms with Crippen molar-refractivity contribution in [2.24, 2.45) is 17.8 Å². The highest BCUT2D eigenvalue weighted by Crippen LogP contribution is 2.28. The third kappa shape index (κ3) is 24.9. The lowest BCUT2D eigenvalue weighted by Gasteiger charge is -2.31. The number of benzene rings is 5. The molecule has 458 valence electrons. The number of urea groups is 3. The first-order valence-electron chi connectivity index (χ1n) is 28.2. The highest BCUT2D eigenvalue weighted by molar-refractivity contribution is 6.04. The van der Waals surface area contributed by atoms with Crippen LogP contribution in [0.4, 0.5) is 56.0 Å². The first-order chi connectivity index (χ1) is 40.6. The Balaban J connectivity index is 0.000000227. The number of aliphatic hydroxyl groups excluding tert-OH is 2. The number of hydrogen-bond donors (Lipinski definition) is 9. The van der Waals surface area contributed by atoms with Crippen molar-refractivity contribution in [1.29, 1.82) is 0 Å². The number of carbonyl (C=O) groups is 7. The molecule has 0 saturated carbocycles. The van der Waals surface area contributed by atoms with Crippen LogP contribution in [0.25, 0.3) is 0 Å². The number of piperidine rings is 3. The lowest BCUT2D eigenvalue weighted by Crippen LogP contribution is -2.36. The van der Waals surface area contributed by atoms with Crippen LogP contribution in [0.15, 0.2) is 127 Å². The molecule has 6 amide bonds. The van der Waals surface area contributed by atoms with Crippen molar-refractivity contribution < 1.29 is 66.8 Å². The molecule has 1 unspecified atom stereocenters. The molecule has 3 heterocycles. The number of carboxylic acids is 1. The zero-order chi connectivity index (χ0) is 61.9. The zero-order valence-corrected chi connectivity index (χ0v) is 48.3. The molecule has 0 aliphatic carbocycles. The molecule has 9 N–H and O–H groups in total. The number of carboxylic acid groups (broad SMARTS) is 1. The minimum Gasteiger partial charge on any atom is -0.480 e. The number of aliphatic carboxylic acids is 1. The van der Waals surface area contributed by atoms with Crippen LogP contribution in [0, 0.1) is 17.8 Å². The number of para-hydroxylation sites is 1. The van der Waals surface area contributed by atoms with E-state index in [0.717, 1.165) is 109 Å². The lowest BCUT2D eigenvalue weighted by atomic mass is 9.88. The largest absolute Gasteiger partial charge is 0.573 e. The number of hydrogen-bond acceptors (Lipinski definition) is 13. The Labute approximate surface area is 493 Å². The van der Waals surface area contributed by atoms with Gasteiger partial charge in [0, 0.05) is 69.4 Å². The molecule has 3 aliphatic heterocycles. The third-order valence-electron chi connectivity index (χ3n) is 14.0. The van der Waals surface area contributed by atoms with E-state index in [2.05, 4.69) is 72.4 Å². The maximum Gasteiger partial charge on any atom is 0.573 e. The minimum absolute atomic E-state index is 0.0235. The van der Waals surface area contributed by atoms with Gasteiger partial charge in [-0.3, -0.25) is 14.4 Å². The van der Waals surface area contributed by atoms with E-state index in [9.17, 15) is 41.9 Å². The number of alkyl halides is 3. The zero-order valence-electron chi connectivity index (χ0n) is 48.3. The summed E-state index contributed by atoms with van der Waals surface area (Å²) in [7, 11) is 4.15. The Bertz CT molecular complexity index is 2950. The van der Waals surface area contributed by atoms with Crippen LogP contribution in [0.5, 0.6) is 5.75 Å². The quantitative estimate of drug-likeness (QED) is 0.0392. The molecule has 5 aromatic rings. The van der Waals surface area contributed by atoms with E-state index in [1.165, 1.54) is 12.1 Å². The van der Waals surface area contributed by atoms with E-state index in [0.29, 0.717) is 39.4 Å². The molecule has 3 saturated heterocycles. The Morgan fingerprint density at radius 2 is 0.894 bits per heavy atom. The Morgan fingerprint density at radius 1 is 0.541 bits per heavy atom. The minimum atomic E-state index is -4.78. The second-order valence-electron chi connectivity index (χ2n) is 20.9. The first kappa shape index (κ1) is 67.6. The second-order valence-corrected chi connectivity index (χ2v) is 20.9. The fraction of sp³-hybridized carbons (Fsp3) is 0.403. The van der Waals surface area contributed by atoms with Gasteiger partial charge in [-0.2, -0.15) is 0 Å². The summed E-state index contributed by atoms with van der Waals surface area (Å²) in [5, 5.41) is 40.1. The number of ether oxygens (including phenoxy) is 1. The number of Topliss-reactive ketones (excluding diaryl/α,β-unsaturated/α-hetero) is 3. The van der Waals surface area contributed by atoms with Gasteiger partial charge < -0.3 is 66.7 Å². The maximum atomic E-state index is 12.9. The van der Waals surface area contributed by atoms with Crippen LogP contribution >= 0.6 is 0 Å². The van der Waals surface area contributed by atoms with Gasteiger partial charge in [-0.15, -0.1) is 13.2 Å². The Morgan fingerprint density at radius 3 is 1.26 bits per heavy atom. The van der Waals surface area contributed by atoms with Crippen molar-refractivity contribution in [2.75, 3.05) is 99.6 Å². The summed E-state index contributed by atoms with van der Waals surface area (Å²) in [6.45, 7) is 9.81. The molecule has 1 atom stereocenters. The number of carbonyl (C=O) groups excluding carboxylic acids is 6. The summed E-state index contributed by atoms with van der Waals surface area (Å²) in [4.78, 5) is 90.2. The smallest absolute Gasteiger partial charge is 0.480 e. The van der Waals surface area contributed by atoms with Crippen LogP contribution in [0.1, 0.15) is 89.9 Å². The van der Waals surface area contributed by atoms with Gasteiger partial charge in [-0.25, -0.2) is 19.2 Å². The van der Waals surface area contributed by atoms with Crippen LogP contribution in [-0.4, -0.2) is 157 Å². The number of anilines is 5. The Hall–Kier alpha value is -8.22. The van der Waals surface area contributed by atoms with Crippen molar-refractivity contribution in [2.45, 2.75) is 71.3 Å². The molecule has 0 spiro atoms. The highest BCUT2D eigenvalue weighted by atomic mass is 19.4. The summed E-state index contributed by atoms with van der Waals surface area (Å²) >= 11 is 0. The molecule has 3 fully saturated rings. The molecular formula is C62H78F3N9O11. The van der Waals surface area contributed by atoms with Crippen molar-refractivity contribution in [3.8, 4) is 5.75 Å². The van der Waals surface area contributed by atoms with Gasteiger partial charge in [0.2, 0.25) is 0 Å². The van der Waals surface area contributed by atoms with E-state index in [1.54, 1.807) is 73.7 Å². The predicted molar refractivity (Wildman–Crippen MR) is 320 cm³/mol. The fourth-order valence-electron chi connectivity index (χ4n) is 9.50. The number of aliphatic hydroxyl groups is 2. The average Bonchev–Trinajstić information content (AvgIpc) is 3.68. The molecule has 0 radical (unpaired) electrons. The van der Waals surface area contributed by atoms with Crippen molar-refractivity contribution in [3.63, 3.8) is 0 Å². The van der Waals surface area contributed by atoms with Gasteiger partial charge in [-0.1, -0.05) is 61.5 Å². The second kappa shape index (κ2) is 34.5. The van der Waals surface area contributed by atoms with E-state index < -0.39 is 37.1 Å². The normalized spacial score (nSPS) is 15.5. The van der Waals surface area contributed by atoms with Crippen LogP contribution in [0.2, 0.25) is 0 Å². The molecule has 3 aliphatic rings. The molecular weight excluding hydrogens is 1100 g/mol. The van der Waals surface area contributed by atoms with E-state index >= 15 is 0 Å². The van der Waals surface area contributed by atoms with Gasteiger partial charge in [0.15, 0.2) is 17.3 Å². The molecule has 20 nitrogen and oxygen atoms in total. The van der Waals surface area contributed by atoms with Crippen molar-refractivity contribution in [3.05, 3.63) is 144 Å². The maximum absolute atomic E-state index is 12.9. The fourth-order valence-corrected chi connectivity index (χ4v) is 9.50. The molecule has 85 heavy (non-hydrogen) atoms. The number of halogens is 3. The van der Waals surface area contributed by atoms with Crippen LogP contribution < -0.4 is 36.6 Å². The topological polar surface area (TPSA) is 271 Å². The average molecular weight is 1180 g/mol. The highest BCUT2D eigenvalue weighted by Gasteiger charge is 2.31. The summed E-state index contributed by atoms with van der Waals surface area (Å²) in [5.41, 5.74) is 4.50. The standard InChI is InChI=1S/C23H26F3N3O3.C20H23N3O2.C17H25N3O3.C2H4O3/c1-2-12-29-13-10-16(11-14-29)21(30)17-4-3-5-19(15-17)28-22(31)27-18-6-8-20(9-7-18)32-23(24,25)26;1-23-12-10-15(11-13-23)19(24)16-6-5-9-18(14-16)22-20(25)21-17-7-3-2-4-8-17;1-12(21)11-18-17(23)19-15-5-3-4-14(10-15)16(22)13-6-8-20(2)9-7-13;3-1-2(4)5/h3-9,15-16H,2,10-14H2,1H3,(H2,27,28,31);2-9,14-15H,10-13H2,1H3,(H2,21,22,25);3-5,10,12-13,21H,6-9,11H2,1-2H3,(H2,18,19,23);3H,1H2,(H,4,5). The van der Waals surface area contributed by atoms with Crippen molar-refractivity contribution >= 4 is 69.8 Å². The third-order valence-corrected chi connectivity index (χ3v) is 14.0. The number of amides is 6. The number of rotatable bonds is 17. The number of nitrogens with zero attached hydrogens (tertiary/aromatic N) is 3. The molecule has 8 rings (SSSR count). The summed E-state index contributed by atoms with van der Waals surface area (Å²) in [6, 6.07) is 33.7. The Kier molecular flexibility index (Phi) is 27.4. The number of ketones is 3. The first-order valence-corrected chi connectivity index (χ1v) is 28.2. The summed E-state index contributed by atoms with van der Waals surface area (Å²) in [5.74, 6) is -1.07. The van der Waals surface area contributed by atoms with E-state index in [1.807, 2.05) is 36.4 Å². The van der Waals surface area contributed by atoms with Gasteiger partial charge >= 0.3 is 30.4 Å². The number of nitrogens with one attached hydrogen (secondary N) is 6. The monoisotopic (exact) mass is 1180 g/mol. The molecule has 0 aromatic heterocycles. The van der Waals surface area contributed by atoms with Crippen LogP contribution in [-0.2, 0) is 4.79 Å². The predicted octanol–water partition coefficient (Wildman–Crippen LogP) is 10.2. The van der Waals surface area contributed by atoms with Crippen LogP contribution in [0.3, 0.4) is 0 Å². The molecule has 23 heteroatoms. The van der Waals surface area contributed by atoms with Gasteiger partial charge in [0.25, 0.3) is 0 Å². The molecule has 0 bridgehead atoms. The van der Waals surface area contributed by atoms with Gasteiger partial charge in [-0.05, 0) is 185 Å².